The van der Waals surface area contributed by atoms with Crippen LogP contribution in [-0.2, 0) is 13.0 Å². The van der Waals surface area contributed by atoms with Crippen LogP contribution >= 0.6 is 35.0 Å². The van der Waals surface area contributed by atoms with E-state index < -0.39 is 0 Å². The van der Waals surface area contributed by atoms with Gasteiger partial charge in [0.2, 0.25) is 0 Å². The summed E-state index contributed by atoms with van der Waals surface area (Å²) >= 11 is 14.1. The first kappa shape index (κ1) is 19.2. The van der Waals surface area contributed by atoms with Crippen LogP contribution in [0.1, 0.15) is 12.0 Å². The van der Waals surface area contributed by atoms with E-state index in [2.05, 4.69) is 27.8 Å². The second-order valence-corrected chi connectivity index (χ2v) is 8.12. The predicted molar refractivity (Wildman–Crippen MR) is 110 cm³/mol. The van der Waals surface area contributed by atoms with Gasteiger partial charge in [-0.05, 0) is 42.7 Å². The number of imidazole rings is 1. The molecule has 0 spiro atoms. The van der Waals surface area contributed by atoms with E-state index in [1.807, 2.05) is 36.8 Å². The molecular formula is C20H20Cl2N2OS. The van der Waals surface area contributed by atoms with E-state index in [1.165, 1.54) is 5.56 Å². The molecule has 136 valence electrons. The molecule has 1 aromatic heterocycles. The lowest BCUT2D eigenvalue weighted by Crippen LogP contribution is -2.13. The summed E-state index contributed by atoms with van der Waals surface area (Å²) in [6, 6.07) is 13.9. The average molecular weight is 407 g/mol. The highest BCUT2D eigenvalue weighted by Gasteiger charge is 2.16. The molecule has 1 atom stereocenters. The van der Waals surface area contributed by atoms with Gasteiger partial charge in [-0.25, -0.2) is 4.98 Å². The normalized spacial score (nSPS) is 12.1. The van der Waals surface area contributed by atoms with Crippen molar-refractivity contribution in [3.8, 4) is 5.75 Å². The summed E-state index contributed by atoms with van der Waals surface area (Å²) in [5.41, 5.74) is 1.28. The molecule has 0 aliphatic carbocycles. The number of nitrogens with zero attached hydrogens (tertiary/aromatic N) is 2. The molecule has 0 saturated carbocycles. The highest BCUT2D eigenvalue weighted by molar-refractivity contribution is 8.00. The Morgan fingerprint density at radius 3 is 2.65 bits per heavy atom. The van der Waals surface area contributed by atoms with Gasteiger partial charge in [-0.3, -0.25) is 0 Å². The maximum Gasteiger partial charge on any atom is 0.150 e. The summed E-state index contributed by atoms with van der Waals surface area (Å²) in [7, 11) is 1.66. The predicted octanol–water partition coefficient (Wildman–Crippen LogP) is 5.99. The van der Waals surface area contributed by atoms with E-state index in [0.29, 0.717) is 10.3 Å². The first-order valence-corrected chi connectivity index (χ1v) is 9.98. The van der Waals surface area contributed by atoms with Crippen LogP contribution in [0.25, 0.3) is 0 Å². The van der Waals surface area contributed by atoms with Gasteiger partial charge in [-0.15, -0.1) is 11.8 Å². The van der Waals surface area contributed by atoms with E-state index in [1.54, 1.807) is 25.1 Å². The number of ether oxygens (including phenoxy) is 1. The fourth-order valence-electron chi connectivity index (χ4n) is 2.76. The molecule has 2 aromatic carbocycles. The summed E-state index contributed by atoms with van der Waals surface area (Å²) in [4.78, 5) is 5.21. The minimum Gasteiger partial charge on any atom is -0.494 e. The van der Waals surface area contributed by atoms with Crippen molar-refractivity contribution in [3.63, 3.8) is 0 Å². The van der Waals surface area contributed by atoms with Crippen LogP contribution in [0.4, 0.5) is 0 Å². The number of aromatic nitrogens is 2. The summed E-state index contributed by atoms with van der Waals surface area (Å²) in [6.07, 6.45) is 7.64. The van der Waals surface area contributed by atoms with Crippen LogP contribution in [0.5, 0.6) is 5.75 Å². The van der Waals surface area contributed by atoms with Gasteiger partial charge >= 0.3 is 0 Å². The topological polar surface area (TPSA) is 27.1 Å². The molecular weight excluding hydrogens is 387 g/mol. The number of benzene rings is 2. The first-order chi connectivity index (χ1) is 12.7. The van der Waals surface area contributed by atoms with E-state index in [-0.39, 0.29) is 0 Å². The van der Waals surface area contributed by atoms with Crippen LogP contribution < -0.4 is 4.74 Å². The molecule has 0 fully saturated rings. The first-order valence-electron chi connectivity index (χ1n) is 8.35. The molecule has 3 aromatic rings. The number of para-hydroxylation sites is 1. The lowest BCUT2D eigenvalue weighted by molar-refractivity contribution is 0.405. The molecule has 0 radical (unpaired) electrons. The summed E-state index contributed by atoms with van der Waals surface area (Å²) in [6.45, 7) is 0.869. The number of thioether (sulfide) groups is 1. The van der Waals surface area contributed by atoms with E-state index in [4.69, 9.17) is 27.9 Å². The standard InChI is InChI=1S/C20H20Cl2N2OS/c1-25-20-18(22)3-2-4-19(20)26-17(13-24-12-11-23-14-24)10-7-15-5-8-16(21)9-6-15/h2-6,8-9,11-12,14,17H,7,10,13H2,1H3. The van der Waals surface area contributed by atoms with Gasteiger partial charge in [-0.1, -0.05) is 41.4 Å². The lowest BCUT2D eigenvalue weighted by Gasteiger charge is -2.19. The fourth-order valence-corrected chi connectivity index (χ4v) is 4.49. The Morgan fingerprint density at radius 1 is 1.15 bits per heavy atom. The number of hydrogen-bond acceptors (Lipinski definition) is 3. The molecule has 3 rings (SSSR count). The maximum atomic E-state index is 6.28. The van der Waals surface area contributed by atoms with Gasteiger partial charge < -0.3 is 9.30 Å². The van der Waals surface area contributed by atoms with Gasteiger partial charge in [0.05, 0.1) is 23.4 Å². The minimum absolute atomic E-state index is 0.354. The summed E-state index contributed by atoms with van der Waals surface area (Å²) < 4.78 is 7.61. The third kappa shape index (κ3) is 5.19. The number of halogens is 2. The monoisotopic (exact) mass is 406 g/mol. The van der Waals surface area contributed by atoms with Crippen molar-refractivity contribution in [1.82, 2.24) is 9.55 Å². The molecule has 6 heteroatoms. The molecule has 0 bridgehead atoms. The molecule has 0 aliphatic rings. The Balaban J connectivity index is 1.74. The van der Waals surface area contributed by atoms with E-state index in [9.17, 15) is 0 Å². The van der Waals surface area contributed by atoms with Crippen LogP contribution in [0, 0.1) is 0 Å². The van der Waals surface area contributed by atoms with Gasteiger partial charge in [0.1, 0.15) is 0 Å². The third-order valence-corrected chi connectivity index (χ3v) is 5.91. The number of rotatable bonds is 8. The van der Waals surface area contributed by atoms with E-state index >= 15 is 0 Å². The maximum absolute atomic E-state index is 6.28. The van der Waals surface area contributed by atoms with E-state index in [0.717, 1.165) is 35.1 Å². The highest BCUT2D eigenvalue weighted by atomic mass is 35.5. The zero-order valence-electron chi connectivity index (χ0n) is 14.4. The van der Waals surface area contributed by atoms with Gasteiger partial charge in [0.25, 0.3) is 0 Å². The molecule has 0 saturated heterocycles. The van der Waals surface area contributed by atoms with Gasteiger partial charge in [0.15, 0.2) is 5.75 Å². The third-order valence-electron chi connectivity index (χ3n) is 4.07. The van der Waals surface area contributed by atoms with Crippen molar-refractivity contribution in [2.45, 2.75) is 29.5 Å². The van der Waals surface area contributed by atoms with Gasteiger partial charge in [-0.2, -0.15) is 0 Å². The fraction of sp³-hybridized carbons (Fsp3) is 0.250. The molecule has 1 heterocycles. The molecule has 1 unspecified atom stereocenters. The van der Waals surface area contributed by atoms with Crippen molar-refractivity contribution in [3.05, 3.63) is 76.8 Å². The van der Waals surface area contributed by atoms with Crippen LogP contribution in [0.2, 0.25) is 10.0 Å². The summed E-state index contributed by atoms with van der Waals surface area (Å²) in [5, 5.41) is 1.76. The molecule has 26 heavy (non-hydrogen) atoms. The Labute approximate surface area is 168 Å². The molecule has 0 N–H and O–H groups in total. The van der Waals surface area contributed by atoms with Crippen molar-refractivity contribution >= 4 is 35.0 Å². The second-order valence-electron chi connectivity index (χ2n) is 5.94. The Bertz CT molecular complexity index is 822. The Morgan fingerprint density at radius 2 is 1.96 bits per heavy atom. The molecule has 0 aliphatic heterocycles. The smallest absolute Gasteiger partial charge is 0.150 e. The van der Waals surface area contributed by atoms with Crippen LogP contribution in [0.3, 0.4) is 0 Å². The Kier molecular flexibility index (Phi) is 6.89. The lowest BCUT2D eigenvalue weighted by atomic mass is 10.1. The van der Waals surface area contributed by atoms with Gasteiger partial charge in [0, 0.05) is 29.2 Å². The van der Waals surface area contributed by atoms with Crippen molar-refractivity contribution in [2.75, 3.05) is 7.11 Å². The van der Waals surface area contributed by atoms with Crippen molar-refractivity contribution < 1.29 is 4.74 Å². The zero-order valence-corrected chi connectivity index (χ0v) is 16.8. The SMILES string of the molecule is COc1c(Cl)cccc1SC(CCc1ccc(Cl)cc1)Cn1ccnc1. The average Bonchev–Trinajstić information content (AvgIpc) is 3.14. The highest BCUT2D eigenvalue weighted by Crippen LogP contribution is 2.38. The number of aryl methyl sites for hydroxylation is 1. The quantitative estimate of drug-likeness (QED) is 0.429. The van der Waals surface area contributed by atoms with Crippen molar-refractivity contribution in [1.29, 1.82) is 0 Å². The zero-order chi connectivity index (χ0) is 18.4. The van der Waals surface area contributed by atoms with Crippen LogP contribution in [0.15, 0.2) is 66.1 Å². The molecule has 0 amide bonds. The van der Waals surface area contributed by atoms with Crippen LogP contribution in [-0.4, -0.2) is 21.9 Å². The van der Waals surface area contributed by atoms with Crippen molar-refractivity contribution in [2.24, 2.45) is 0 Å². The summed E-state index contributed by atoms with van der Waals surface area (Å²) in [5.74, 6) is 0.737. The minimum atomic E-state index is 0.354. The number of methoxy groups -OCH3 is 1. The number of hydrogen-bond donors (Lipinski definition) is 0. The largest absolute Gasteiger partial charge is 0.494 e. The second kappa shape index (κ2) is 9.36. The molecule has 3 nitrogen and oxygen atoms in total. The Hall–Kier alpha value is -1.62.